The fraction of sp³-hybridized carbons (Fsp3) is 0.889. The summed E-state index contributed by atoms with van der Waals surface area (Å²) in [7, 11) is 0. The Morgan fingerprint density at radius 3 is 2.82 bits per heavy atom. The molecule has 2 aliphatic carbocycles. The van der Waals surface area contributed by atoms with Crippen LogP contribution in [0.2, 0.25) is 0 Å². The van der Waals surface area contributed by atoms with E-state index < -0.39 is 0 Å². The van der Waals surface area contributed by atoms with Gasteiger partial charge in [0, 0.05) is 12.3 Å². The second kappa shape index (κ2) is 2.59. The van der Waals surface area contributed by atoms with Gasteiger partial charge in [0.05, 0.1) is 6.10 Å². The van der Waals surface area contributed by atoms with Gasteiger partial charge in [-0.2, -0.15) is 0 Å². The minimum atomic E-state index is -0.320. The quantitative estimate of drug-likeness (QED) is 0.568. The third-order valence-electron chi connectivity index (χ3n) is 3.13. The lowest BCUT2D eigenvalue weighted by atomic mass is 9.70. The molecule has 11 heavy (non-hydrogen) atoms. The van der Waals surface area contributed by atoms with Gasteiger partial charge in [0.25, 0.3) is 0 Å². The fourth-order valence-electron chi connectivity index (χ4n) is 2.38. The van der Waals surface area contributed by atoms with Gasteiger partial charge in [0.2, 0.25) is 0 Å². The van der Waals surface area contributed by atoms with Crippen molar-refractivity contribution in [2.75, 3.05) is 0 Å². The molecular formula is C9H14O2. The van der Waals surface area contributed by atoms with E-state index in [1.165, 1.54) is 0 Å². The number of fused-ring (bicyclic) bond motifs is 2. The van der Waals surface area contributed by atoms with E-state index >= 15 is 0 Å². The van der Waals surface area contributed by atoms with Gasteiger partial charge >= 0.3 is 0 Å². The summed E-state index contributed by atoms with van der Waals surface area (Å²) in [6.07, 6.45) is 4.40. The first-order chi connectivity index (χ1) is 5.27. The average molecular weight is 154 g/mol. The van der Waals surface area contributed by atoms with E-state index in [0.29, 0.717) is 12.2 Å². The Kier molecular flexibility index (Phi) is 1.72. The predicted molar refractivity (Wildman–Crippen MR) is 41.1 cm³/mol. The summed E-state index contributed by atoms with van der Waals surface area (Å²) in [5.74, 6) is 1.04. The fourth-order valence-corrected chi connectivity index (χ4v) is 2.38. The maximum Gasteiger partial charge on any atom is 0.138 e. The molecule has 0 heterocycles. The number of hydrogen-bond donors (Lipinski definition) is 1. The maximum absolute atomic E-state index is 11.3. The number of ketones is 1. The summed E-state index contributed by atoms with van der Waals surface area (Å²) in [4.78, 5) is 11.3. The topological polar surface area (TPSA) is 37.3 Å². The van der Waals surface area contributed by atoms with Gasteiger partial charge in [-0.3, -0.25) is 4.79 Å². The average Bonchev–Trinajstić information content (AvgIpc) is 2.02. The van der Waals surface area contributed by atoms with Crippen molar-refractivity contribution in [3.8, 4) is 0 Å². The minimum Gasteiger partial charge on any atom is -0.392 e. The molecule has 0 aromatic rings. The van der Waals surface area contributed by atoms with E-state index in [1.807, 2.05) is 0 Å². The smallest absolute Gasteiger partial charge is 0.138 e. The summed E-state index contributed by atoms with van der Waals surface area (Å²) < 4.78 is 0. The van der Waals surface area contributed by atoms with E-state index in [9.17, 15) is 9.90 Å². The molecule has 2 aliphatic rings. The molecule has 2 saturated carbocycles. The van der Waals surface area contributed by atoms with Gasteiger partial charge in [0.15, 0.2) is 0 Å². The molecule has 0 amide bonds. The normalized spacial score (nSPS) is 44.1. The Labute approximate surface area is 66.6 Å². The molecule has 62 valence electrons. The van der Waals surface area contributed by atoms with Gasteiger partial charge in [-0.25, -0.2) is 0 Å². The van der Waals surface area contributed by atoms with E-state index in [-0.39, 0.29) is 12.0 Å². The number of aliphatic hydroxyl groups is 1. The molecule has 3 atom stereocenters. The first kappa shape index (κ1) is 7.29. The number of carbonyl (C=O) groups excluding carboxylic acids is 1. The SMILES string of the molecule is O=C1CCC2CCC(O)C1C2. The number of Topliss-reactive ketones (excluding diaryl/α,β-unsaturated/α-hetero) is 1. The Hall–Kier alpha value is -0.370. The number of aliphatic hydroxyl groups excluding tert-OH is 1. The van der Waals surface area contributed by atoms with Gasteiger partial charge in [-0.05, 0) is 31.6 Å². The summed E-state index contributed by atoms with van der Waals surface area (Å²) in [5.41, 5.74) is 0. The lowest BCUT2D eigenvalue weighted by molar-refractivity contribution is -0.132. The molecule has 2 bridgehead atoms. The molecule has 0 spiro atoms. The molecular weight excluding hydrogens is 140 g/mol. The van der Waals surface area contributed by atoms with E-state index in [4.69, 9.17) is 0 Å². The Morgan fingerprint density at radius 1 is 1.27 bits per heavy atom. The van der Waals surface area contributed by atoms with Crippen LogP contribution in [0.4, 0.5) is 0 Å². The molecule has 0 aliphatic heterocycles. The Balaban J connectivity index is 2.11. The zero-order chi connectivity index (χ0) is 7.84. The van der Waals surface area contributed by atoms with Crippen LogP contribution < -0.4 is 0 Å². The van der Waals surface area contributed by atoms with Crippen molar-refractivity contribution in [2.45, 2.75) is 38.2 Å². The second-order valence-corrected chi connectivity index (χ2v) is 3.86. The summed E-state index contributed by atoms with van der Waals surface area (Å²) >= 11 is 0. The highest BCUT2D eigenvalue weighted by Gasteiger charge is 2.37. The third kappa shape index (κ3) is 1.20. The molecule has 2 fully saturated rings. The first-order valence-electron chi connectivity index (χ1n) is 4.48. The zero-order valence-electron chi connectivity index (χ0n) is 6.62. The molecule has 0 saturated heterocycles. The Bertz CT molecular complexity index is 176. The number of hydrogen-bond acceptors (Lipinski definition) is 2. The molecule has 1 N–H and O–H groups in total. The van der Waals surface area contributed by atoms with Gasteiger partial charge < -0.3 is 5.11 Å². The number of carbonyl (C=O) groups is 1. The highest BCUT2D eigenvalue weighted by atomic mass is 16.3. The highest BCUT2D eigenvalue weighted by molar-refractivity contribution is 5.82. The van der Waals surface area contributed by atoms with Crippen LogP contribution in [0.1, 0.15) is 32.1 Å². The van der Waals surface area contributed by atoms with Crippen molar-refractivity contribution in [1.29, 1.82) is 0 Å². The number of rotatable bonds is 0. The van der Waals surface area contributed by atoms with Crippen molar-refractivity contribution in [3.63, 3.8) is 0 Å². The predicted octanol–water partition coefficient (Wildman–Crippen LogP) is 1.13. The summed E-state index contributed by atoms with van der Waals surface area (Å²) in [6.45, 7) is 0. The first-order valence-corrected chi connectivity index (χ1v) is 4.48. The van der Waals surface area contributed by atoms with Crippen LogP contribution in [0.25, 0.3) is 0 Å². The van der Waals surface area contributed by atoms with Crippen LogP contribution in [-0.2, 0) is 4.79 Å². The third-order valence-corrected chi connectivity index (χ3v) is 3.13. The second-order valence-electron chi connectivity index (χ2n) is 3.86. The van der Waals surface area contributed by atoms with Crippen LogP contribution in [0, 0.1) is 11.8 Å². The van der Waals surface area contributed by atoms with Crippen LogP contribution in [-0.4, -0.2) is 17.0 Å². The molecule has 2 nitrogen and oxygen atoms in total. The Morgan fingerprint density at radius 2 is 2.09 bits per heavy atom. The van der Waals surface area contributed by atoms with Crippen molar-refractivity contribution in [3.05, 3.63) is 0 Å². The maximum atomic E-state index is 11.3. The summed E-state index contributed by atoms with van der Waals surface area (Å²) in [5, 5.41) is 9.47. The van der Waals surface area contributed by atoms with E-state index in [1.54, 1.807) is 0 Å². The van der Waals surface area contributed by atoms with Crippen molar-refractivity contribution in [1.82, 2.24) is 0 Å². The lowest BCUT2D eigenvalue weighted by Gasteiger charge is -2.36. The lowest BCUT2D eigenvalue weighted by Crippen LogP contribution is -2.38. The summed E-state index contributed by atoms with van der Waals surface area (Å²) in [6, 6.07) is 0. The largest absolute Gasteiger partial charge is 0.392 e. The van der Waals surface area contributed by atoms with Crippen LogP contribution in [0.15, 0.2) is 0 Å². The minimum absolute atomic E-state index is 0.00231. The van der Waals surface area contributed by atoms with Crippen molar-refractivity contribution >= 4 is 5.78 Å². The highest BCUT2D eigenvalue weighted by Crippen LogP contribution is 2.37. The van der Waals surface area contributed by atoms with Crippen LogP contribution >= 0.6 is 0 Å². The van der Waals surface area contributed by atoms with Crippen molar-refractivity contribution < 1.29 is 9.90 Å². The molecule has 2 heteroatoms. The molecule has 2 rings (SSSR count). The van der Waals surface area contributed by atoms with Gasteiger partial charge in [-0.15, -0.1) is 0 Å². The zero-order valence-corrected chi connectivity index (χ0v) is 6.62. The van der Waals surface area contributed by atoms with E-state index in [0.717, 1.165) is 31.6 Å². The van der Waals surface area contributed by atoms with Crippen LogP contribution in [0.5, 0.6) is 0 Å². The van der Waals surface area contributed by atoms with Gasteiger partial charge in [0.1, 0.15) is 5.78 Å². The van der Waals surface area contributed by atoms with Crippen LogP contribution in [0.3, 0.4) is 0 Å². The van der Waals surface area contributed by atoms with Gasteiger partial charge in [-0.1, -0.05) is 0 Å². The monoisotopic (exact) mass is 154 g/mol. The molecule has 0 aromatic carbocycles. The standard InChI is InChI=1S/C9H14O2/c10-8-3-1-6-2-4-9(11)7(8)5-6/h6-8,10H,1-5H2. The van der Waals surface area contributed by atoms with Crippen molar-refractivity contribution in [2.24, 2.45) is 11.8 Å². The molecule has 0 aromatic heterocycles. The molecule has 3 unspecified atom stereocenters. The van der Waals surface area contributed by atoms with E-state index in [2.05, 4.69) is 0 Å². The molecule has 0 radical (unpaired) electrons.